The summed E-state index contributed by atoms with van der Waals surface area (Å²) in [5.41, 5.74) is 3.28. The van der Waals surface area contributed by atoms with Gasteiger partial charge in [0.1, 0.15) is 0 Å². The predicted molar refractivity (Wildman–Crippen MR) is 87.7 cm³/mol. The Labute approximate surface area is 128 Å². The van der Waals surface area contributed by atoms with Gasteiger partial charge in [0.15, 0.2) is 0 Å². The topological polar surface area (TPSA) is 35.6 Å². The molecule has 0 saturated carbocycles. The summed E-state index contributed by atoms with van der Waals surface area (Å²) in [6.45, 7) is 12.7. The van der Waals surface area contributed by atoms with E-state index in [1.807, 2.05) is 19.1 Å². The fourth-order valence-corrected chi connectivity index (χ4v) is 2.76. The first-order valence-corrected chi connectivity index (χ1v) is 7.90. The molecule has 116 valence electrons. The Balaban J connectivity index is 1.75. The average Bonchev–Trinajstić information content (AvgIpc) is 2.48. The summed E-state index contributed by atoms with van der Waals surface area (Å²) in [5, 5.41) is 3.02. The minimum atomic E-state index is 0.111. The van der Waals surface area contributed by atoms with Gasteiger partial charge in [0, 0.05) is 44.8 Å². The van der Waals surface area contributed by atoms with Gasteiger partial charge in [-0.1, -0.05) is 24.6 Å². The zero-order valence-corrected chi connectivity index (χ0v) is 13.5. The van der Waals surface area contributed by atoms with Crippen molar-refractivity contribution in [1.82, 2.24) is 9.80 Å². The lowest BCUT2D eigenvalue weighted by Gasteiger charge is -2.33. The number of piperazine rings is 1. The van der Waals surface area contributed by atoms with Crippen LogP contribution in [0.5, 0.6) is 0 Å². The molecule has 21 heavy (non-hydrogen) atoms. The van der Waals surface area contributed by atoms with Gasteiger partial charge in [-0.3, -0.25) is 4.79 Å². The molecule has 0 aromatic heterocycles. The highest BCUT2D eigenvalue weighted by molar-refractivity contribution is 5.91. The lowest BCUT2D eigenvalue weighted by molar-refractivity contribution is -0.116. The minimum absolute atomic E-state index is 0.111. The zero-order valence-electron chi connectivity index (χ0n) is 13.5. The monoisotopic (exact) mass is 289 g/mol. The molecule has 0 spiro atoms. The van der Waals surface area contributed by atoms with Crippen LogP contribution in [-0.4, -0.2) is 55.0 Å². The van der Waals surface area contributed by atoms with Gasteiger partial charge in [-0.15, -0.1) is 0 Å². The van der Waals surface area contributed by atoms with Crippen LogP contribution in [0.3, 0.4) is 0 Å². The summed E-state index contributed by atoms with van der Waals surface area (Å²) in [7, 11) is 0. The van der Waals surface area contributed by atoms with Crippen molar-refractivity contribution in [2.75, 3.05) is 44.6 Å². The van der Waals surface area contributed by atoms with Crippen LogP contribution in [0.25, 0.3) is 0 Å². The molecule has 1 heterocycles. The van der Waals surface area contributed by atoms with Crippen molar-refractivity contribution >= 4 is 11.6 Å². The molecule has 1 aromatic carbocycles. The molecule has 4 nitrogen and oxygen atoms in total. The highest BCUT2D eigenvalue weighted by Crippen LogP contribution is 2.16. The molecule has 1 saturated heterocycles. The quantitative estimate of drug-likeness (QED) is 0.903. The van der Waals surface area contributed by atoms with Crippen LogP contribution < -0.4 is 5.32 Å². The second-order valence-corrected chi connectivity index (χ2v) is 5.89. The van der Waals surface area contributed by atoms with Gasteiger partial charge in [-0.2, -0.15) is 0 Å². The average molecular weight is 289 g/mol. The van der Waals surface area contributed by atoms with Gasteiger partial charge in [0.2, 0.25) is 5.91 Å². The first-order valence-electron chi connectivity index (χ1n) is 7.90. The maximum atomic E-state index is 12.1. The van der Waals surface area contributed by atoms with Gasteiger partial charge in [-0.25, -0.2) is 0 Å². The number of aryl methyl sites for hydroxylation is 2. The Morgan fingerprint density at radius 2 is 1.81 bits per heavy atom. The van der Waals surface area contributed by atoms with E-state index in [2.05, 4.69) is 35.0 Å². The zero-order chi connectivity index (χ0) is 15.2. The number of nitrogens with zero attached hydrogens (tertiary/aromatic N) is 2. The van der Waals surface area contributed by atoms with E-state index >= 15 is 0 Å². The number of likely N-dealkylation sites (N-methyl/N-ethyl adjacent to an activating group) is 1. The molecular formula is C17H27N3O. The van der Waals surface area contributed by atoms with Crippen LogP contribution in [0.1, 0.15) is 24.5 Å². The van der Waals surface area contributed by atoms with Gasteiger partial charge in [-0.05, 0) is 32.0 Å². The number of anilines is 1. The normalized spacial score (nSPS) is 16.9. The number of benzene rings is 1. The van der Waals surface area contributed by atoms with E-state index in [0.29, 0.717) is 6.42 Å². The molecule has 2 rings (SSSR count). The third-order valence-corrected chi connectivity index (χ3v) is 4.22. The molecule has 0 aliphatic carbocycles. The lowest BCUT2D eigenvalue weighted by atomic mass is 10.1. The highest BCUT2D eigenvalue weighted by Gasteiger charge is 2.16. The van der Waals surface area contributed by atoms with Crippen molar-refractivity contribution < 1.29 is 4.79 Å². The molecule has 1 N–H and O–H groups in total. The van der Waals surface area contributed by atoms with E-state index in [1.165, 1.54) is 5.56 Å². The fourth-order valence-electron chi connectivity index (χ4n) is 2.76. The van der Waals surface area contributed by atoms with Crippen LogP contribution >= 0.6 is 0 Å². The Morgan fingerprint density at radius 3 is 2.43 bits per heavy atom. The number of rotatable bonds is 5. The fraction of sp³-hybridized carbons (Fsp3) is 0.588. The molecule has 1 aliphatic rings. The third kappa shape index (κ3) is 4.83. The van der Waals surface area contributed by atoms with Crippen molar-refractivity contribution in [3.63, 3.8) is 0 Å². The van der Waals surface area contributed by atoms with E-state index in [9.17, 15) is 4.79 Å². The number of carbonyl (C=O) groups is 1. The van der Waals surface area contributed by atoms with Gasteiger partial charge in [0.05, 0.1) is 0 Å². The predicted octanol–water partition coefficient (Wildman–Crippen LogP) is 2.27. The number of carbonyl (C=O) groups excluding carboxylic acids is 1. The summed E-state index contributed by atoms with van der Waals surface area (Å²) in [4.78, 5) is 16.9. The van der Waals surface area contributed by atoms with E-state index in [1.54, 1.807) is 0 Å². The largest absolute Gasteiger partial charge is 0.326 e. The van der Waals surface area contributed by atoms with Crippen LogP contribution in [0, 0.1) is 13.8 Å². The Bertz CT molecular complexity index is 479. The molecule has 1 fully saturated rings. The van der Waals surface area contributed by atoms with Gasteiger partial charge >= 0.3 is 0 Å². The van der Waals surface area contributed by atoms with E-state index in [0.717, 1.165) is 50.5 Å². The van der Waals surface area contributed by atoms with Crippen LogP contribution in [0.15, 0.2) is 18.2 Å². The van der Waals surface area contributed by atoms with E-state index < -0.39 is 0 Å². The SMILES string of the molecule is CCN1CCN(CCC(=O)Nc2ccc(C)cc2C)CC1. The van der Waals surface area contributed by atoms with Crippen LogP contribution in [0.2, 0.25) is 0 Å². The van der Waals surface area contributed by atoms with Crippen molar-refractivity contribution in [1.29, 1.82) is 0 Å². The number of hydrogen-bond donors (Lipinski definition) is 1. The van der Waals surface area contributed by atoms with E-state index in [-0.39, 0.29) is 5.91 Å². The van der Waals surface area contributed by atoms with Gasteiger partial charge in [0.25, 0.3) is 0 Å². The first-order chi connectivity index (χ1) is 10.1. The second-order valence-electron chi connectivity index (χ2n) is 5.89. The lowest BCUT2D eigenvalue weighted by Crippen LogP contribution is -2.46. The third-order valence-electron chi connectivity index (χ3n) is 4.22. The summed E-state index contributed by atoms with van der Waals surface area (Å²) in [6, 6.07) is 6.12. The van der Waals surface area contributed by atoms with Gasteiger partial charge < -0.3 is 15.1 Å². The Hall–Kier alpha value is -1.39. The van der Waals surface area contributed by atoms with Crippen LogP contribution in [0.4, 0.5) is 5.69 Å². The molecule has 4 heteroatoms. The van der Waals surface area contributed by atoms with Crippen LogP contribution in [-0.2, 0) is 4.79 Å². The molecule has 0 radical (unpaired) electrons. The summed E-state index contributed by atoms with van der Waals surface area (Å²) >= 11 is 0. The summed E-state index contributed by atoms with van der Waals surface area (Å²) < 4.78 is 0. The molecule has 0 bridgehead atoms. The molecule has 0 atom stereocenters. The summed E-state index contributed by atoms with van der Waals surface area (Å²) in [5.74, 6) is 0.111. The van der Waals surface area contributed by atoms with Crippen molar-refractivity contribution in [3.05, 3.63) is 29.3 Å². The molecule has 1 aromatic rings. The second kappa shape index (κ2) is 7.57. The summed E-state index contributed by atoms with van der Waals surface area (Å²) in [6.07, 6.45) is 0.569. The molecule has 1 aliphatic heterocycles. The van der Waals surface area contributed by atoms with Crippen molar-refractivity contribution in [2.45, 2.75) is 27.2 Å². The Morgan fingerprint density at radius 1 is 1.14 bits per heavy atom. The van der Waals surface area contributed by atoms with E-state index in [4.69, 9.17) is 0 Å². The maximum Gasteiger partial charge on any atom is 0.225 e. The number of nitrogens with one attached hydrogen (secondary N) is 1. The smallest absolute Gasteiger partial charge is 0.225 e. The molecule has 1 amide bonds. The van der Waals surface area contributed by atoms with Crippen molar-refractivity contribution in [2.24, 2.45) is 0 Å². The maximum absolute atomic E-state index is 12.1. The Kier molecular flexibility index (Phi) is 5.76. The highest BCUT2D eigenvalue weighted by atomic mass is 16.1. The number of amides is 1. The molecular weight excluding hydrogens is 262 g/mol. The number of hydrogen-bond acceptors (Lipinski definition) is 3. The van der Waals surface area contributed by atoms with Crippen molar-refractivity contribution in [3.8, 4) is 0 Å². The standard InChI is InChI=1S/C17H27N3O/c1-4-19-9-11-20(12-10-19)8-7-17(21)18-16-6-5-14(2)13-15(16)3/h5-6,13H,4,7-12H2,1-3H3,(H,18,21). The molecule has 0 unspecified atom stereocenters. The minimum Gasteiger partial charge on any atom is -0.326 e. The first kappa shape index (κ1) is 16.0.